The molecule has 6 rings (SSSR count). The van der Waals surface area contributed by atoms with E-state index in [1.807, 2.05) is 65.6 Å². The average molecular weight is 524 g/mol. The Morgan fingerprint density at radius 2 is 1.66 bits per heavy atom. The lowest BCUT2D eigenvalue weighted by molar-refractivity contribution is -0.136. The molecular weight excluding hydrogens is 490 g/mol. The van der Waals surface area contributed by atoms with Crippen LogP contribution >= 0.6 is 11.8 Å². The number of nitrogens with one attached hydrogen (secondary N) is 1. The number of hydrogen-bond donors (Lipinski definition) is 1. The van der Waals surface area contributed by atoms with Gasteiger partial charge in [0.2, 0.25) is 0 Å². The van der Waals surface area contributed by atoms with Crippen molar-refractivity contribution in [3.63, 3.8) is 0 Å². The number of benzene rings is 3. The number of carbonyl (C=O) groups is 2. The van der Waals surface area contributed by atoms with E-state index in [1.165, 1.54) is 11.3 Å². The van der Waals surface area contributed by atoms with E-state index in [1.54, 1.807) is 11.8 Å². The first-order valence-corrected chi connectivity index (χ1v) is 14.7. The molecule has 0 bridgehead atoms. The van der Waals surface area contributed by atoms with Crippen LogP contribution in [0.3, 0.4) is 0 Å². The zero-order chi connectivity index (χ0) is 26.1. The first-order valence-electron chi connectivity index (χ1n) is 13.5. The van der Waals surface area contributed by atoms with Crippen molar-refractivity contribution in [2.75, 3.05) is 6.26 Å². The van der Waals surface area contributed by atoms with Crippen molar-refractivity contribution < 1.29 is 9.59 Å². The van der Waals surface area contributed by atoms with E-state index >= 15 is 0 Å². The molecule has 1 atom stereocenters. The molecule has 194 valence electrons. The SMILES string of the molecule is CSc1ccc(CN2C(=O)c3cc4ccccc4n3C[C@]2(C(=O)NC2CCCCC2)c2ccccc2)cc1. The van der Waals surface area contributed by atoms with E-state index in [9.17, 15) is 9.59 Å². The summed E-state index contributed by atoms with van der Waals surface area (Å²) in [6.45, 7) is 0.717. The number of para-hydroxylation sites is 1. The van der Waals surface area contributed by atoms with E-state index in [-0.39, 0.29) is 17.9 Å². The van der Waals surface area contributed by atoms with Gasteiger partial charge in [-0.05, 0) is 54.5 Å². The second-order valence-corrected chi connectivity index (χ2v) is 11.3. The zero-order valence-corrected chi connectivity index (χ0v) is 22.5. The first-order chi connectivity index (χ1) is 18.6. The Kier molecular flexibility index (Phi) is 6.75. The number of nitrogens with zero attached hydrogens (tertiary/aromatic N) is 2. The number of rotatable bonds is 6. The molecule has 0 saturated heterocycles. The maximum atomic E-state index is 14.6. The Bertz CT molecular complexity index is 1460. The molecule has 6 heteroatoms. The molecular formula is C32H33N3O2S. The molecule has 5 nitrogen and oxygen atoms in total. The predicted octanol–water partition coefficient (Wildman–Crippen LogP) is 6.36. The molecule has 4 aromatic rings. The van der Waals surface area contributed by atoms with Crippen LogP contribution in [-0.4, -0.2) is 33.6 Å². The minimum Gasteiger partial charge on any atom is -0.351 e. The highest BCUT2D eigenvalue weighted by Gasteiger charge is 2.52. The van der Waals surface area contributed by atoms with E-state index in [0.29, 0.717) is 18.8 Å². The van der Waals surface area contributed by atoms with Crippen molar-refractivity contribution >= 4 is 34.5 Å². The van der Waals surface area contributed by atoms with Gasteiger partial charge in [0.15, 0.2) is 5.54 Å². The van der Waals surface area contributed by atoms with Gasteiger partial charge in [0.25, 0.3) is 11.8 Å². The van der Waals surface area contributed by atoms with Crippen molar-refractivity contribution in [3.05, 3.63) is 102 Å². The van der Waals surface area contributed by atoms with Crippen LogP contribution in [0.2, 0.25) is 0 Å². The topological polar surface area (TPSA) is 54.3 Å². The average Bonchev–Trinajstić information content (AvgIpc) is 3.34. The number of hydrogen-bond acceptors (Lipinski definition) is 3. The second kappa shape index (κ2) is 10.3. The smallest absolute Gasteiger partial charge is 0.272 e. The minimum absolute atomic E-state index is 0.0897. The lowest BCUT2D eigenvalue weighted by Crippen LogP contribution is -2.64. The van der Waals surface area contributed by atoms with Crippen molar-refractivity contribution in [1.82, 2.24) is 14.8 Å². The third kappa shape index (κ3) is 4.31. The monoisotopic (exact) mass is 523 g/mol. The van der Waals surface area contributed by atoms with Crippen molar-refractivity contribution in [2.45, 2.75) is 61.7 Å². The number of thioether (sulfide) groups is 1. The number of carbonyl (C=O) groups excluding carboxylic acids is 2. The van der Waals surface area contributed by atoms with Gasteiger partial charge in [-0.25, -0.2) is 0 Å². The van der Waals surface area contributed by atoms with Crippen LogP contribution in [0.5, 0.6) is 0 Å². The van der Waals surface area contributed by atoms with Crippen LogP contribution in [0.4, 0.5) is 0 Å². The summed E-state index contributed by atoms with van der Waals surface area (Å²) >= 11 is 1.69. The van der Waals surface area contributed by atoms with Gasteiger partial charge < -0.3 is 14.8 Å². The molecule has 1 aliphatic heterocycles. The van der Waals surface area contributed by atoms with Crippen LogP contribution < -0.4 is 5.32 Å². The molecule has 1 fully saturated rings. The molecule has 1 saturated carbocycles. The quantitative estimate of drug-likeness (QED) is 0.299. The van der Waals surface area contributed by atoms with Crippen LogP contribution in [0, 0.1) is 0 Å². The second-order valence-electron chi connectivity index (χ2n) is 10.4. The zero-order valence-electron chi connectivity index (χ0n) is 21.7. The molecule has 2 aliphatic rings. The Morgan fingerprint density at radius 1 is 0.947 bits per heavy atom. The summed E-state index contributed by atoms with van der Waals surface area (Å²) in [5, 5.41) is 4.41. The summed E-state index contributed by atoms with van der Waals surface area (Å²) in [4.78, 5) is 32.0. The van der Waals surface area contributed by atoms with Crippen molar-refractivity contribution in [1.29, 1.82) is 0 Å². The van der Waals surface area contributed by atoms with Gasteiger partial charge in [-0.2, -0.15) is 0 Å². The number of amides is 2. The van der Waals surface area contributed by atoms with Gasteiger partial charge >= 0.3 is 0 Å². The molecule has 0 radical (unpaired) electrons. The maximum Gasteiger partial charge on any atom is 0.272 e. The summed E-state index contributed by atoms with van der Waals surface area (Å²) in [7, 11) is 0. The summed E-state index contributed by atoms with van der Waals surface area (Å²) in [5.74, 6) is -0.211. The maximum absolute atomic E-state index is 14.6. The highest BCUT2D eigenvalue weighted by molar-refractivity contribution is 7.98. The molecule has 0 unspecified atom stereocenters. The molecule has 1 aliphatic carbocycles. The third-order valence-electron chi connectivity index (χ3n) is 8.19. The number of aromatic nitrogens is 1. The van der Waals surface area contributed by atoms with Gasteiger partial charge in [-0.3, -0.25) is 9.59 Å². The fourth-order valence-corrected chi connectivity index (χ4v) is 6.55. The molecule has 1 aromatic heterocycles. The molecule has 2 amide bonds. The van der Waals surface area contributed by atoms with Crippen LogP contribution in [0.1, 0.15) is 53.7 Å². The fourth-order valence-electron chi connectivity index (χ4n) is 6.14. The lowest BCUT2D eigenvalue weighted by Gasteiger charge is -2.47. The summed E-state index contributed by atoms with van der Waals surface area (Å²) in [5.41, 5.74) is 2.27. The number of fused-ring (bicyclic) bond motifs is 3. The van der Waals surface area contributed by atoms with E-state index < -0.39 is 5.54 Å². The van der Waals surface area contributed by atoms with E-state index in [4.69, 9.17) is 0 Å². The molecule has 0 spiro atoms. The Hall–Kier alpha value is -3.51. The lowest BCUT2D eigenvalue weighted by atomic mass is 9.83. The minimum atomic E-state index is -1.18. The van der Waals surface area contributed by atoms with Crippen LogP contribution in [0.25, 0.3) is 10.9 Å². The van der Waals surface area contributed by atoms with Crippen LogP contribution in [0.15, 0.2) is 89.8 Å². The van der Waals surface area contributed by atoms with Gasteiger partial charge in [-0.15, -0.1) is 11.8 Å². The highest BCUT2D eigenvalue weighted by Crippen LogP contribution is 2.40. The molecule has 2 heterocycles. The van der Waals surface area contributed by atoms with Crippen LogP contribution in [-0.2, 0) is 23.4 Å². The largest absolute Gasteiger partial charge is 0.351 e. The van der Waals surface area contributed by atoms with E-state index in [2.05, 4.69) is 40.4 Å². The molecule has 1 N–H and O–H groups in total. The third-order valence-corrected chi connectivity index (χ3v) is 8.93. The molecule has 3 aromatic carbocycles. The fraction of sp³-hybridized carbons (Fsp3) is 0.312. The standard InChI is InChI=1S/C32H33N3O2S/c1-38-27-18-16-23(17-19-27)21-35-30(36)29-20-24-10-8-9-15-28(24)34(29)22-32(35,25-11-4-2-5-12-25)31(37)33-26-13-6-3-7-14-26/h2,4-5,8-12,15-20,26H,3,6-7,13-14,21-22H2,1H3,(H,33,37)/t32-/m1/s1. The predicted molar refractivity (Wildman–Crippen MR) is 153 cm³/mol. The Balaban J connectivity index is 1.52. The van der Waals surface area contributed by atoms with Gasteiger partial charge in [0, 0.05) is 28.4 Å². The summed E-state index contributed by atoms with van der Waals surface area (Å²) in [6, 6.07) is 28.3. The van der Waals surface area contributed by atoms with E-state index in [0.717, 1.165) is 47.7 Å². The van der Waals surface area contributed by atoms with Crippen molar-refractivity contribution in [2.24, 2.45) is 0 Å². The Labute approximate surface area is 228 Å². The van der Waals surface area contributed by atoms with Gasteiger partial charge in [0.1, 0.15) is 5.69 Å². The Morgan fingerprint density at radius 3 is 2.39 bits per heavy atom. The summed E-state index contributed by atoms with van der Waals surface area (Å²) < 4.78 is 2.05. The first kappa shape index (κ1) is 24.8. The van der Waals surface area contributed by atoms with Gasteiger partial charge in [-0.1, -0.05) is 79.9 Å². The highest BCUT2D eigenvalue weighted by atomic mass is 32.2. The normalized spacial score (nSPS) is 19.9. The van der Waals surface area contributed by atoms with Crippen molar-refractivity contribution in [3.8, 4) is 0 Å². The molecule has 38 heavy (non-hydrogen) atoms. The van der Waals surface area contributed by atoms with Gasteiger partial charge in [0.05, 0.1) is 6.54 Å². The summed E-state index contributed by atoms with van der Waals surface area (Å²) in [6.07, 6.45) is 7.49.